The van der Waals surface area contributed by atoms with Crippen molar-refractivity contribution in [2.24, 2.45) is 0 Å². The van der Waals surface area contributed by atoms with Gasteiger partial charge in [-0.15, -0.1) is 0 Å². The molecule has 0 saturated carbocycles. The Hall–Kier alpha value is -3.60. The molecule has 0 aliphatic carbocycles. The SMILES string of the molecule is CCCNC(=O)C(Cc1ccccc1)N(Cc1cccc(C)c1)C(=O)COc1ccccc1C. The van der Waals surface area contributed by atoms with Crippen molar-refractivity contribution in [3.05, 3.63) is 101 Å². The zero-order chi connectivity index (χ0) is 24.3. The summed E-state index contributed by atoms with van der Waals surface area (Å²) in [6.45, 7) is 6.74. The lowest BCUT2D eigenvalue weighted by Crippen LogP contribution is -2.51. The maximum Gasteiger partial charge on any atom is 0.261 e. The van der Waals surface area contributed by atoms with Gasteiger partial charge in [0.25, 0.3) is 5.91 Å². The molecular formula is C29H34N2O3. The van der Waals surface area contributed by atoms with E-state index in [2.05, 4.69) is 5.32 Å². The molecule has 1 atom stereocenters. The second-order valence-electron chi connectivity index (χ2n) is 8.56. The summed E-state index contributed by atoms with van der Waals surface area (Å²) in [7, 11) is 0. The minimum Gasteiger partial charge on any atom is -0.484 e. The Bertz CT molecular complexity index is 1080. The number of para-hydroxylation sites is 1. The van der Waals surface area contributed by atoms with Crippen molar-refractivity contribution in [2.75, 3.05) is 13.2 Å². The predicted molar refractivity (Wildman–Crippen MR) is 136 cm³/mol. The van der Waals surface area contributed by atoms with Crippen LogP contribution in [0, 0.1) is 13.8 Å². The molecule has 3 aromatic rings. The zero-order valence-electron chi connectivity index (χ0n) is 20.3. The Morgan fingerprint density at radius 2 is 1.62 bits per heavy atom. The lowest BCUT2D eigenvalue weighted by molar-refractivity contribution is -0.142. The quantitative estimate of drug-likeness (QED) is 0.447. The Morgan fingerprint density at radius 3 is 2.32 bits per heavy atom. The molecule has 34 heavy (non-hydrogen) atoms. The van der Waals surface area contributed by atoms with Gasteiger partial charge in [0, 0.05) is 19.5 Å². The summed E-state index contributed by atoms with van der Waals surface area (Å²) in [5, 5.41) is 2.99. The summed E-state index contributed by atoms with van der Waals surface area (Å²) >= 11 is 0. The molecule has 5 heteroatoms. The highest BCUT2D eigenvalue weighted by atomic mass is 16.5. The van der Waals surface area contributed by atoms with Crippen molar-refractivity contribution in [1.82, 2.24) is 10.2 Å². The van der Waals surface area contributed by atoms with E-state index < -0.39 is 6.04 Å². The number of aryl methyl sites for hydroxylation is 2. The summed E-state index contributed by atoms with van der Waals surface area (Å²) in [5.74, 6) is 0.293. The van der Waals surface area contributed by atoms with Crippen LogP contribution in [0.25, 0.3) is 0 Å². The van der Waals surface area contributed by atoms with Gasteiger partial charge in [0.05, 0.1) is 0 Å². The number of carbonyl (C=O) groups is 2. The number of ether oxygens (including phenoxy) is 1. The van der Waals surface area contributed by atoms with Crippen molar-refractivity contribution in [3.8, 4) is 5.75 Å². The standard InChI is InChI=1S/C29H34N2O3/c1-4-17-30-29(33)26(19-24-13-6-5-7-14-24)31(20-25-15-10-11-22(2)18-25)28(32)21-34-27-16-9-8-12-23(27)3/h5-16,18,26H,4,17,19-21H2,1-3H3,(H,30,33). The second kappa shape index (κ2) is 12.6. The average molecular weight is 459 g/mol. The van der Waals surface area contributed by atoms with Gasteiger partial charge in [0.15, 0.2) is 6.61 Å². The molecule has 0 spiro atoms. The number of nitrogens with zero attached hydrogens (tertiary/aromatic N) is 1. The van der Waals surface area contributed by atoms with E-state index >= 15 is 0 Å². The number of amides is 2. The van der Waals surface area contributed by atoms with Crippen LogP contribution in [-0.2, 0) is 22.6 Å². The molecule has 0 radical (unpaired) electrons. The van der Waals surface area contributed by atoms with E-state index in [-0.39, 0.29) is 18.4 Å². The molecule has 0 aliphatic rings. The van der Waals surface area contributed by atoms with E-state index in [0.29, 0.717) is 25.3 Å². The predicted octanol–water partition coefficient (Wildman–Crippen LogP) is 4.85. The largest absolute Gasteiger partial charge is 0.484 e. The molecule has 0 bridgehead atoms. The fourth-order valence-electron chi connectivity index (χ4n) is 3.87. The van der Waals surface area contributed by atoms with Crippen LogP contribution in [0.1, 0.15) is 35.6 Å². The first-order chi connectivity index (χ1) is 16.5. The van der Waals surface area contributed by atoms with Gasteiger partial charge in [-0.05, 0) is 43.0 Å². The first-order valence-electron chi connectivity index (χ1n) is 11.8. The van der Waals surface area contributed by atoms with Gasteiger partial charge in [0.2, 0.25) is 5.91 Å². The summed E-state index contributed by atoms with van der Waals surface area (Å²) in [6.07, 6.45) is 1.25. The number of hydrogen-bond donors (Lipinski definition) is 1. The fourth-order valence-corrected chi connectivity index (χ4v) is 3.87. The Balaban J connectivity index is 1.90. The normalized spacial score (nSPS) is 11.5. The number of nitrogens with one attached hydrogen (secondary N) is 1. The third-order valence-electron chi connectivity index (χ3n) is 5.70. The molecule has 0 saturated heterocycles. The fraction of sp³-hybridized carbons (Fsp3) is 0.310. The molecule has 1 unspecified atom stereocenters. The van der Waals surface area contributed by atoms with Crippen molar-refractivity contribution in [2.45, 2.75) is 46.2 Å². The summed E-state index contributed by atoms with van der Waals surface area (Å²) in [6, 6.07) is 24.8. The molecule has 0 aromatic heterocycles. The van der Waals surface area contributed by atoms with Gasteiger partial charge in [-0.25, -0.2) is 0 Å². The van der Waals surface area contributed by atoms with Crippen LogP contribution in [0.5, 0.6) is 5.75 Å². The highest BCUT2D eigenvalue weighted by Crippen LogP contribution is 2.19. The van der Waals surface area contributed by atoms with Crippen LogP contribution in [-0.4, -0.2) is 35.9 Å². The van der Waals surface area contributed by atoms with Crippen molar-refractivity contribution >= 4 is 11.8 Å². The molecule has 3 aromatic carbocycles. The molecule has 178 valence electrons. The lowest BCUT2D eigenvalue weighted by Gasteiger charge is -2.31. The number of benzene rings is 3. The molecule has 1 N–H and O–H groups in total. The van der Waals surface area contributed by atoms with Crippen LogP contribution < -0.4 is 10.1 Å². The van der Waals surface area contributed by atoms with Crippen molar-refractivity contribution < 1.29 is 14.3 Å². The minimum atomic E-state index is -0.651. The minimum absolute atomic E-state index is 0.136. The van der Waals surface area contributed by atoms with E-state index in [0.717, 1.165) is 28.7 Å². The van der Waals surface area contributed by atoms with Gasteiger partial charge >= 0.3 is 0 Å². The third-order valence-corrected chi connectivity index (χ3v) is 5.70. The van der Waals surface area contributed by atoms with E-state index in [1.807, 2.05) is 99.6 Å². The maximum atomic E-state index is 13.5. The van der Waals surface area contributed by atoms with Gasteiger partial charge in [0.1, 0.15) is 11.8 Å². The van der Waals surface area contributed by atoms with Crippen LogP contribution in [0.15, 0.2) is 78.9 Å². The van der Waals surface area contributed by atoms with E-state index in [9.17, 15) is 9.59 Å². The molecule has 3 rings (SSSR count). The first-order valence-corrected chi connectivity index (χ1v) is 11.8. The molecule has 2 amide bonds. The summed E-state index contributed by atoms with van der Waals surface area (Å²) in [4.78, 5) is 28.5. The molecule has 0 fully saturated rings. The molecule has 5 nitrogen and oxygen atoms in total. The Labute approximate surface area is 202 Å². The monoisotopic (exact) mass is 458 g/mol. The van der Waals surface area contributed by atoms with E-state index in [1.165, 1.54) is 0 Å². The highest BCUT2D eigenvalue weighted by Gasteiger charge is 2.30. The summed E-state index contributed by atoms with van der Waals surface area (Å²) < 4.78 is 5.88. The average Bonchev–Trinajstić information content (AvgIpc) is 2.84. The Morgan fingerprint density at radius 1 is 0.912 bits per heavy atom. The smallest absolute Gasteiger partial charge is 0.261 e. The van der Waals surface area contributed by atoms with Gasteiger partial charge < -0.3 is 15.0 Å². The Kier molecular flexibility index (Phi) is 9.27. The second-order valence-corrected chi connectivity index (χ2v) is 8.56. The molecule has 0 aliphatic heterocycles. The lowest BCUT2D eigenvalue weighted by atomic mass is 10.0. The molecule has 0 heterocycles. The van der Waals surface area contributed by atoms with Gasteiger partial charge in [-0.2, -0.15) is 0 Å². The first kappa shape index (κ1) is 25.0. The third kappa shape index (κ3) is 7.20. The molecular weight excluding hydrogens is 424 g/mol. The van der Waals surface area contributed by atoms with Crippen molar-refractivity contribution in [1.29, 1.82) is 0 Å². The number of hydrogen-bond acceptors (Lipinski definition) is 3. The number of carbonyl (C=O) groups excluding carboxylic acids is 2. The van der Waals surface area contributed by atoms with E-state index in [4.69, 9.17) is 4.74 Å². The van der Waals surface area contributed by atoms with Gasteiger partial charge in [-0.1, -0.05) is 85.3 Å². The maximum absolute atomic E-state index is 13.5. The zero-order valence-corrected chi connectivity index (χ0v) is 20.3. The van der Waals surface area contributed by atoms with Crippen molar-refractivity contribution in [3.63, 3.8) is 0 Å². The van der Waals surface area contributed by atoms with Crippen LogP contribution in [0.4, 0.5) is 0 Å². The topological polar surface area (TPSA) is 58.6 Å². The van der Waals surface area contributed by atoms with E-state index in [1.54, 1.807) is 4.90 Å². The van der Waals surface area contributed by atoms with Crippen LogP contribution in [0.3, 0.4) is 0 Å². The summed E-state index contributed by atoms with van der Waals surface area (Å²) in [5.41, 5.74) is 4.05. The highest BCUT2D eigenvalue weighted by molar-refractivity contribution is 5.88. The van der Waals surface area contributed by atoms with Crippen LogP contribution >= 0.6 is 0 Å². The number of rotatable bonds is 11. The van der Waals surface area contributed by atoms with Crippen LogP contribution in [0.2, 0.25) is 0 Å². The van der Waals surface area contributed by atoms with Gasteiger partial charge in [-0.3, -0.25) is 9.59 Å².